The minimum Gasteiger partial charge on any atom is -0.391 e. The second kappa shape index (κ2) is 29.9. The number of rotatable bonds is 27. The average molecular weight is 1140 g/mol. The predicted molar refractivity (Wildman–Crippen MR) is 254 cm³/mol. The Morgan fingerprint density at radius 2 is 0.506 bits per heavy atom. The maximum Gasteiger partial charge on any atom is 0.200 e. The topological polar surface area (TPSA) is 40.5 Å². The molecule has 5 aromatic rings. The Bertz CT molecular complexity index is 2390. The lowest BCUT2D eigenvalue weighted by Gasteiger charge is -2.44. The lowest BCUT2D eigenvalue weighted by Crippen LogP contribution is -2.81. The molecule has 5 rings (SSSR count). The molecule has 0 fully saturated rings. The highest BCUT2D eigenvalue weighted by molar-refractivity contribution is 7.96. The fraction of sp³-hybridized carbons (Fsp3) is 0.434. The first-order valence-electron chi connectivity index (χ1n) is 24.7. The lowest BCUT2D eigenvalue weighted by atomic mass is 9.12. The largest absolute Gasteiger partial charge is 0.391 e. The van der Waals surface area contributed by atoms with Crippen LogP contribution in [0.1, 0.15) is 121 Å². The van der Waals surface area contributed by atoms with Crippen LogP contribution in [0, 0.1) is 116 Å². The predicted octanol–water partition coefficient (Wildman–Crippen LogP) is 13.4. The van der Waals surface area contributed by atoms with Gasteiger partial charge < -0.3 is 10.2 Å². The van der Waals surface area contributed by atoms with Crippen molar-refractivity contribution in [1.29, 1.82) is 0 Å². The monoisotopic (exact) mass is 1140 g/mol. The standard InChI is InChI=1S/C29H53O2S.C24BF20/c1-2-3-4-5-6-7-8-9-10-11-12-13-14-15-16-17-18-28-19-21-29(22-20-28)27-32(25-23-30)26-24-31;26-5-1(6(27)14(35)21(42)13(5)34)25(2-7(28)15(36)22(43)16(37)8(2)29,3-9(30)17(38)23(44)18(39)10(3)31)4-11(32)19(40)24(45)20(41)12(4)33/h19-22,30-31H,2-18,23-27H2,1H3;/q+1;-1. The summed E-state index contributed by atoms with van der Waals surface area (Å²) in [4.78, 5) is 0. The molecule has 0 aliphatic rings. The van der Waals surface area contributed by atoms with E-state index in [1.165, 1.54) is 120 Å². The fourth-order valence-electron chi connectivity index (χ4n) is 9.29. The Balaban J connectivity index is 0.000000354. The fourth-order valence-corrected chi connectivity index (χ4v) is 11.0. The van der Waals surface area contributed by atoms with Crippen LogP contribution in [0.3, 0.4) is 0 Å². The molecule has 0 bridgehead atoms. The van der Waals surface area contributed by atoms with Gasteiger partial charge in [-0.1, -0.05) is 128 Å². The summed E-state index contributed by atoms with van der Waals surface area (Å²) in [7, 11) is 0.102. The molecule has 0 amide bonds. The third-order valence-corrected chi connectivity index (χ3v) is 15.4. The molecule has 0 spiro atoms. The van der Waals surface area contributed by atoms with Gasteiger partial charge in [0, 0.05) is 5.56 Å². The van der Waals surface area contributed by atoms with E-state index < -0.39 is 144 Å². The summed E-state index contributed by atoms with van der Waals surface area (Å²) in [6.07, 6.45) is 16.7. The second-order valence-electron chi connectivity index (χ2n) is 18.3. The normalized spacial score (nSPS) is 11.8. The summed E-state index contributed by atoms with van der Waals surface area (Å²) in [5, 5.41) is 18.4. The highest BCUT2D eigenvalue weighted by Crippen LogP contribution is 2.31. The van der Waals surface area contributed by atoms with Crippen molar-refractivity contribution in [3.05, 3.63) is 152 Å². The van der Waals surface area contributed by atoms with E-state index in [2.05, 4.69) is 31.2 Å². The van der Waals surface area contributed by atoms with Gasteiger partial charge in [0.2, 0.25) is 0 Å². The minimum absolute atomic E-state index is 0.102. The molecule has 0 atom stereocenters. The molecule has 77 heavy (non-hydrogen) atoms. The van der Waals surface area contributed by atoms with Gasteiger partial charge in [-0.15, -0.1) is 21.9 Å². The van der Waals surface area contributed by atoms with Crippen molar-refractivity contribution < 1.29 is 98.0 Å². The van der Waals surface area contributed by atoms with Crippen molar-refractivity contribution >= 4 is 38.9 Å². The van der Waals surface area contributed by atoms with Gasteiger partial charge in [0.15, 0.2) is 69.8 Å². The van der Waals surface area contributed by atoms with Gasteiger partial charge in [0.25, 0.3) is 0 Å². The van der Waals surface area contributed by atoms with Gasteiger partial charge >= 0.3 is 0 Å². The summed E-state index contributed by atoms with van der Waals surface area (Å²) in [5.41, 5.74) is -11.5. The van der Waals surface area contributed by atoms with Crippen molar-refractivity contribution in [1.82, 2.24) is 0 Å². The first-order valence-corrected chi connectivity index (χ1v) is 26.4. The van der Waals surface area contributed by atoms with Crippen LogP contribution in [0.5, 0.6) is 0 Å². The van der Waals surface area contributed by atoms with Crippen LogP contribution >= 0.6 is 0 Å². The molecule has 2 nitrogen and oxygen atoms in total. The zero-order valence-corrected chi connectivity index (χ0v) is 42.1. The molecule has 2 N–H and O–H groups in total. The van der Waals surface area contributed by atoms with Crippen LogP contribution in [0.25, 0.3) is 0 Å². The summed E-state index contributed by atoms with van der Waals surface area (Å²) in [6.45, 7) is 2.74. The summed E-state index contributed by atoms with van der Waals surface area (Å²) in [6, 6.07) is 9.05. The third-order valence-electron chi connectivity index (χ3n) is 13.2. The van der Waals surface area contributed by atoms with Gasteiger partial charge in [-0.2, -0.15) is 0 Å². The molecule has 5 aromatic carbocycles. The number of aryl methyl sites for hydroxylation is 1. The number of unbranched alkanes of at least 4 members (excludes halogenated alkanes) is 15. The molecule has 0 unspecified atom stereocenters. The SMILES string of the molecule is CCCCCCCCCCCCCCCCCCc1ccc(C[S+](CCO)CCO)cc1.Fc1c(F)c(F)c([B-](c2c(F)c(F)c(F)c(F)c2F)(c2c(F)c(F)c(F)c(F)c2F)c2c(F)c(F)c(F)c(F)c2F)c(F)c1F. The van der Waals surface area contributed by atoms with Crippen LogP contribution in [0.4, 0.5) is 87.8 Å². The molecular weight excluding hydrogens is 1090 g/mol. The quantitative estimate of drug-likeness (QED) is 0.0137. The van der Waals surface area contributed by atoms with E-state index in [4.69, 9.17) is 0 Å². The van der Waals surface area contributed by atoms with Crippen molar-refractivity contribution in [2.75, 3.05) is 24.7 Å². The molecule has 0 aliphatic carbocycles. The van der Waals surface area contributed by atoms with Crippen LogP contribution in [-0.2, 0) is 23.1 Å². The van der Waals surface area contributed by atoms with Gasteiger partial charge in [0.1, 0.15) is 69.9 Å². The molecule has 0 saturated heterocycles. The zero-order chi connectivity index (χ0) is 57.5. The first-order chi connectivity index (χ1) is 36.5. The Labute approximate surface area is 434 Å². The zero-order valence-electron chi connectivity index (χ0n) is 41.3. The van der Waals surface area contributed by atoms with E-state index >= 15 is 35.1 Å². The summed E-state index contributed by atoms with van der Waals surface area (Å²) >= 11 is 0. The van der Waals surface area contributed by atoms with Crippen molar-refractivity contribution in [3.8, 4) is 0 Å². The van der Waals surface area contributed by atoms with E-state index in [9.17, 15) is 62.9 Å². The molecule has 0 radical (unpaired) electrons. The number of hydrogen-bond acceptors (Lipinski definition) is 2. The number of benzene rings is 5. The Hall–Kier alpha value is -4.97. The Morgan fingerprint density at radius 3 is 0.740 bits per heavy atom. The highest BCUT2D eigenvalue weighted by Gasteiger charge is 2.52. The molecule has 0 aromatic heterocycles. The number of aliphatic hydroxyl groups excluding tert-OH is 2. The van der Waals surface area contributed by atoms with Gasteiger partial charge in [-0.05, 0) is 29.3 Å². The van der Waals surface area contributed by atoms with Crippen molar-refractivity contribution in [2.45, 2.75) is 122 Å². The van der Waals surface area contributed by atoms with Crippen LogP contribution < -0.4 is 21.9 Å². The molecule has 24 heteroatoms. The maximum absolute atomic E-state index is 15.4. The van der Waals surface area contributed by atoms with Crippen LogP contribution in [-0.4, -0.2) is 41.1 Å². The molecule has 426 valence electrons. The van der Waals surface area contributed by atoms with E-state index in [1.54, 1.807) is 0 Å². The third kappa shape index (κ3) is 14.5. The summed E-state index contributed by atoms with van der Waals surface area (Å²) < 4.78 is 294. The minimum atomic E-state index is -7.22. The van der Waals surface area contributed by atoms with Gasteiger partial charge in [-0.3, -0.25) is 0 Å². The molecule has 0 saturated carbocycles. The smallest absolute Gasteiger partial charge is 0.200 e. The van der Waals surface area contributed by atoms with Gasteiger partial charge in [-0.25, -0.2) is 87.8 Å². The van der Waals surface area contributed by atoms with E-state index in [0.29, 0.717) is 0 Å². The number of hydrogen-bond donors (Lipinski definition) is 2. The van der Waals surface area contributed by atoms with Crippen LogP contribution in [0.15, 0.2) is 24.3 Å². The van der Waals surface area contributed by atoms with E-state index in [1.807, 2.05) is 0 Å². The second-order valence-corrected chi connectivity index (χ2v) is 20.6. The summed E-state index contributed by atoms with van der Waals surface area (Å²) in [5.74, 6) is -68.8. The lowest BCUT2D eigenvalue weighted by molar-refractivity contribution is 0.316. The van der Waals surface area contributed by atoms with E-state index in [-0.39, 0.29) is 24.1 Å². The average Bonchev–Trinajstić information content (AvgIpc) is 3.43. The van der Waals surface area contributed by atoms with Crippen LogP contribution in [0.2, 0.25) is 0 Å². The van der Waals surface area contributed by atoms with Crippen molar-refractivity contribution in [2.24, 2.45) is 0 Å². The Morgan fingerprint density at radius 1 is 0.299 bits per heavy atom. The number of aliphatic hydroxyl groups is 2. The molecule has 0 aliphatic heterocycles. The Kier molecular flexibility index (Phi) is 25.0. The molecule has 0 heterocycles. The number of halogens is 20. The highest BCUT2D eigenvalue weighted by atomic mass is 32.2. The van der Waals surface area contributed by atoms with Crippen molar-refractivity contribution in [3.63, 3.8) is 0 Å². The molecular formula is C53H53BF20O2S. The van der Waals surface area contributed by atoms with Gasteiger partial charge in [0.05, 0.1) is 13.2 Å². The maximum atomic E-state index is 15.4. The first kappa shape index (κ1) is 64.6. The van der Waals surface area contributed by atoms with E-state index in [0.717, 1.165) is 17.3 Å².